The summed E-state index contributed by atoms with van der Waals surface area (Å²) < 4.78 is 0. The molecule has 0 bridgehead atoms. The van der Waals surface area contributed by atoms with Crippen LogP contribution in [0.5, 0.6) is 0 Å². The molecule has 0 aromatic heterocycles. The standard InChI is InChI=1S/C62H43N/c1-3-16-44(17-4-1)54-36-39-59(61(43-54)48-20-5-2-6-21-48)57-26-11-12-27-58(57)60-28-13-14-29-62(60)63(55-37-34-47(35-38-55)52-32-30-45-18-7-9-22-49(45)40-52)56-25-15-24-51(42-56)53-33-31-46-19-8-10-23-50(46)41-53/h1-43H. The Bertz CT molecular complexity index is 3380. The van der Waals surface area contributed by atoms with Crippen molar-refractivity contribution < 1.29 is 0 Å². The van der Waals surface area contributed by atoms with Crippen molar-refractivity contribution in [2.45, 2.75) is 0 Å². The van der Waals surface area contributed by atoms with E-state index in [1.807, 2.05) is 0 Å². The predicted molar refractivity (Wildman–Crippen MR) is 269 cm³/mol. The molecule has 0 radical (unpaired) electrons. The van der Waals surface area contributed by atoms with Gasteiger partial charge in [-0.3, -0.25) is 0 Å². The van der Waals surface area contributed by atoms with Crippen LogP contribution in [-0.4, -0.2) is 0 Å². The van der Waals surface area contributed by atoms with Gasteiger partial charge >= 0.3 is 0 Å². The first-order chi connectivity index (χ1) is 31.2. The van der Waals surface area contributed by atoms with Gasteiger partial charge in [-0.1, -0.05) is 212 Å². The lowest BCUT2D eigenvalue weighted by Crippen LogP contribution is -2.11. The highest BCUT2D eigenvalue weighted by Gasteiger charge is 2.21. The van der Waals surface area contributed by atoms with Crippen molar-refractivity contribution >= 4 is 38.6 Å². The number of hydrogen-bond donors (Lipinski definition) is 0. The molecule has 1 heteroatoms. The second-order valence-corrected chi connectivity index (χ2v) is 16.1. The van der Waals surface area contributed by atoms with Crippen LogP contribution < -0.4 is 4.90 Å². The molecule has 296 valence electrons. The third-order valence-corrected chi connectivity index (χ3v) is 12.3. The maximum Gasteiger partial charge on any atom is 0.0540 e. The highest BCUT2D eigenvalue weighted by atomic mass is 15.1. The minimum Gasteiger partial charge on any atom is -0.310 e. The number of para-hydroxylation sites is 1. The van der Waals surface area contributed by atoms with E-state index < -0.39 is 0 Å². The van der Waals surface area contributed by atoms with Crippen LogP contribution in [0.15, 0.2) is 261 Å². The molecule has 0 saturated carbocycles. The summed E-state index contributed by atoms with van der Waals surface area (Å²) in [6, 6.07) is 94.8. The predicted octanol–water partition coefficient (Wildman–Crippen LogP) is 17.5. The molecule has 0 aliphatic rings. The summed E-state index contributed by atoms with van der Waals surface area (Å²) in [7, 11) is 0. The van der Waals surface area contributed by atoms with Gasteiger partial charge in [-0.2, -0.15) is 0 Å². The quantitative estimate of drug-likeness (QED) is 0.141. The van der Waals surface area contributed by atoms with Crippen LogP contribution >= 0.6 is 0 Å². The van der Waals surface area contributed by atoms with Gasteiger partial charge in [0.2, 0.25) is 0 Å². The highest BCUT2D eigenvalue weighted by molar-refractivity contribution is 5.99. The summed E-state index contributed by atoms with van der Waals surface area (Å²) in [5.74, 6) is 0. The molecule has 0 saturated heterocycles. The topological polar surface area (TPSA) is 3.24 Å². The molecule has 0 fully saturated rings. The van der Waals surface area contributed by atoms with Gasteiger partial charge in [0.1, 0.15) is 0 Å². The van der Waals surface area contributed by atoms with Crippen LogP contribution in [0.1, 0.15) is 0 Å². The van der Waals surface area contributed by atoms with Crippen LogP contribution in [0.2, 0.25) is 0 Å². The van der Waals surface area contributed by atoms with Gasteiger partial charge in [-0.15, -0.1) is 0 Å². The van der Waals surface area contributed by atoms with E-state index in [-0.39, 0.29) is 0 Å². The van der Waals surface area contributed by atoms with Gasteiger partial charge in [-0.05, 0) is 131 Å². The summed E-state index contributed by atoms with van der Waals surface area (Å²) in [6.07, 6.45) is 0. The first kappa shape index (κ1) is 37.7. The van der Waals surface area contributed by atoms with E-state index in [2.05, 4.69) is 266 Å². The van der Waals surface area contributed by atoms with Crippen molar-refractivity contribution in [3.63, 3.8) is 0 Å². The zero-order valence-corrected chi connectivity index (χ0v) is 34.8. The van der Waals surface area contributed by atoms with Crippen LogP contribution in [-0.2, 0) is 0 Å². The molecule has 0 aliphatic heterocycles. The Morgan fingerprint density at radius 3 is 1.29 bits per heavy atom. The van der Waals surface area contributed by atoms with Gasteiger partial charge < -0.3 is 4.90 Å². The average Bonchev–Trinajstić information content (AvgIpc) is 3.37. The third kappa shape index (κ3) is 7.47. The fourth-order valence-electron chi connectivity index (χ4n) is 9.09. The molecule has 0 heterocycles. The summed E-state index contributed by atoms with van der Waals surface area (Å²) in [6.45, 7) is 0. The van der Waals surface area contributed by atoms with Crippen LogP contribution in [0.4, 0.5) is 17.1 Å². The van der Waals surface area contributed by atoms with Crippen LogP contribution in [0.25, 0.3) is 88.3 Å². The zero-order chi connectivity index (χ0) is 42.0. The molecule has 0 unspecified atom stereocenters. The van der Waals surface area contributed by atoms with Gasteiger partial charge in [0.05, 0.1) is 5.69 Å². The number of anilines is 3. The van der Waals surface area contributed by atoms with Crippen molar-refractivity contribution in [3.8, 4) is 66.8 Å². The van der Waals surface area contributed by atoms with Crippen LogP contribution in [0, 0.1) is 0 Å². The Balaban J connectivity index is 1.08. The maximum absolute atomic E-state index is 2.43. The molecule has 11 aromatic carbocycles. The van der Waals surface area contributed by atoms with E-state index in [0.29, 0.717) is 0 Å². The van der Waals surface area contributed by atoms with Crippen molar-refractivity contribution in [2.75, 3.05) is 4.90 Å². The molecular weight excluding hydrogens is 759 g/mol. The Hall–Kier alpha value is -8.26. The fraction of sp³-hybridized carbons (Fsp3) is 0. The Morgan fingerprint density at radius 2 is 0.619 bits per heavy atom. The van der Waals surface area contributed by atoms with Crippen molar-refractivity contribution in [2.24, 2.45) is 0 Å². The van der Waals surface area contributed by atoms with E-state index in [1.165, 1.54) is 82.7 Å². The van der Waals surface area contributed by atoms with E-state index >= 15 is 0 Å². The Labute approximate surface area is 369 Å². The van der Waals surface area contributed by atoms with E-state index in [9.17, 15) is 0 Å². The SMILES string of the molecule is c1ccc(-c2ccc(-c3ccccc3-c3ccccc3N(c3ccc(-c4ccc5ccccc5c4)cc3)c3cccc(-c4ccc5ccccc5c4)c3)c(-c3ccccc3)c2)cc1. The molecule has 1 nitrogen and oxygen atoms in total. The number of hydrogen-bond acceptors (Lipinski definition) is 1. The summed E-state index contributed by atoms with van der Waals surface area (Å²) in [5, 5.41) is 4.96. The smallest absolute Gasteiger partial charge is 0.0540 e. The van der Waals surface area contributed by atoms with Crippen molar-refractivity contribution in [3.05, 3.63) is 261 Å². The van der Waals surface area contributed by atoms with Gasteiger partial charge in [0.15, 0.2) is 0 Å². The largest absolute Gasteiger partial charge is 0.310 e. The molecule has 0 spiro atoms. The van der Waals surface area contributed by atoms with Gasteiger partial charge in [0, 0.05) is 16.9 Å². The molecule has 0 amide bonds. The lowest BCUT2D eigenvalue weighted by atomic mass is 9.87. The molecule has 0 aliphatic carbocycles. The minimum absolute atomic E-state index is 1.08. The lowest BCUT2D eigenvalue weighted by Gasteiger charge is -2.29. The minimum atomic E-state index is 1.08. The second-order valence-electron chi connectivity index (χ2n) is 16.1. The molecule has 0 N–H and O–H groups in total. The zero-order valence-electron chi connectivity index (χ0n) is 34.8. The number of nitrogens with zero attached hydrogens (tertiary/aromatic N) is 1. The molecule has 63 heavy (non-hydrogen) atoms. The van der Waals surface area contributed by atoms with Crippen molar-refractivity contribution in [1.82, 2.24) is 0 Å². The molecule has 11 rings (SSSR count). The average molecular weight is 802 g/mol. The Kier molecular flexibility index (Phi) is 9.97. The monoisotopic (exact) mass is 801 g/mol. The number of fused-ring (bicyclic) bond motifs is 2. The summed E-state index contributed by atoms with van der Waals surface area (Å²) >= 11 is 0. The highest BCUT2D eigenvalue weighted by Crippen LogP contribution is 2.46. The third-order valence-electron chi connectivity index (χ3n) is 12.3. The van der Waals surface area contributed by atoms with Crippen LogP contribution in [0.3, 0.4) is 0 Å². The summed E-state index contributed by atoms with van der Waals surface area (Å²) in [4.78, 5) is 2.43. The molecule has 11 aromatic rings. The molecule has 0 atom stereocenters. The van der Waals surface area contributed by atoms with Gasteiger partial charge in [-0.25, -0.2) is 0 Å². The lowest BCUT2D eigenvalue weighted by molar-refractivity contribution is 1.28. The maximum atomic E-state index is 2.43. The normalized spacial score (nSPS) is 11.2. The van der Waals surface area contributed by atoms with Crippen molar-refractivity contribution in [1.29, 1.82) is 0 Å². The fourth-order valence-corrected chi connectivity index (χ4v) is 9.09. The molecular formula is C62H43N. The second kappa shape index (κ2) is 16.7. The van der Waals surface area contributed by atoms with E-state index in [0.717, 1.165) is 22.6 Å². The number of rotatable bonds is 9. The number of benzene rings is 11. The summed E-state index contributed by atoms with van der Waals surface area (Å²) in [5.41, 5.74) is 17.5. The first-order valence-electron chi connectivity index (χ1n) is 21.7. The first-order valence-corrected chi connectivity index (χ1v) is 21.7. The van der Waals surface area contributed by atoms with E-state index in [4.69, 9.17) is 0 Å². The Morgan fingerprint density at radius 1 is 0.190 bits per heavy atom. The van der Waals surface area contributed by atoms with Gasteiger partial charge in [0.25, 0.3) is 0 Å². The van der Waals surface area contributed by atoms with E-state index in [1.54, 1.807) is 0 Å².